The molecule has 0 aliphatic heterocycles. The number of amides is 1. The summed E-state index contributed by atoms with van der Waals surface area (Å²) >= 11 is 0. The van der Waals surface area contributed by atoms with Gasteiger partial charge in [-0.3, -0.25) is 9.48 Å². The van der Waals surface area contributed by atoms with Crippen LogP contribution in [-0.2, 0) is 24.2 Å². The largest absolute Gasteiger partial charge is 0.354 e. The molecule has 0 spiro atoms. The van der Waals surface area contributed by atoms with Gasteiger partial charge < -0.3 is 5.32 Å². The fourth-order valence-electron chi connectivity index (χ4n) is 6.60. The summed E-state index contributed by atoms with van der Waals surface area (Å²) in [6.45, 7) is 1.56. The summed E-state index contributed by atoms with van der Waals surface area (Å²) in [5.41, 5.74) is 2.82. The van der Waals surface area contributed by atoms with Gasteiger partial charge in [-0.2, -0.15) is 5.10 Å². The summed E-state index contributed by atoms with van der Waals surface area (Å²) in [5, 5.41) is 7.84. The van der Waals surface area contributed by atoms with Gasteiger partial charge in [-0.25, -0.2) is 0 Å². The highest BCUT2D eigenvalue weighted by Gasteiger charge is 2.54. The van der Waals surface area contributed by atoms with Crippen molar-refractivity contribution in [2.24, 2.45) is 23.2 Å². The first-order valence-electron chi connectivity index (χ1n) is 10.0. The lowest BCUT2D eigenvalue weighted by atomic mass is 9.49. The Bertz CT molecular complexity index is 612. The topological polar surface area (TPSA) is 46.9 Å². The summed E-state index contributed by atoms with van der Waals surface area (Å²) in [5.74, 6) is 2.85. The monoisotopic (exact) mass is 327 g/mol. The fourth-order valence-corrected chi connectivity index (χ4v) is 6.60. The molecule has 6 rings (SSSR count). The van der Waals surface area contributed by atoms with E-state index in [1.807, 2.05) is 6.20 Å². The Morgan fingerprint density at radius 2 is 1.79 bits per heavy atom. The average Bonchev–Trinajstić information content (AvgIpc) is 2.97. The van der Waals surface area contributed by atoms with Crippen molar-refractivity contribution in [3.8, 4) is 0 Å². The number of hydrogen-bond donors (Lipinski definition) is 1. The summed E-state index contributed by atoms with van der Waals surface area (Å²) in [6.07, 6.45) is 14.6. The summed E-state index contributed by atoms with van der Waals surface area (Å²) in [6, 6.07) is 0. The van der Waals surface area contributed by atoms with Gasteiger partial charge in [-0.1, -0.05) is 0 Å². The Labute approximate surface area is 144 Å². The molecular formula is C20H29N3O. The molecule has 4 nitrogen and oxygen atoms in total. The van der Waals surface area contributed by atoms with Crippen molar-refractivity contribution in [2.75, 3.05) is 6.54 Å². The van der Waals surface area contributed by atoms with Crippen molar-refractivity contribution in [3.05, 3.63) is 17.5 Å². The van der Waals surface area contributed by atoms with Crippen LogP contribution in [0.25, 0.3) is 0 Å². The number of hydrogen-bond acceptors (Lipinski definition) is 2. The number of nitrogens with zero attached hydrogens (tertiary/aromatic N) is 2. The van der Waals surface area contributed by atoms with Gasteiger partial charge >= 0.3 is 0 Å². The highest BCUT2D eigenvalue weighted by molar-refractivity contribution is 5.83. The van der Waals surface area contributed by atoms with E-state index in [9.17, 15) is 4.79 Å². The zero-order valence-electron chi connectivity index (χ0n) is 14.6. The van der Waals surface area contributed by atoms with Gasteiger partial charge in [0, 0.05) is 17.7 Å². The molecule has 5 aliphatic rings. The molecular weight excluding hydrogens is 298 g/mol. The first-order chi connectivity index (χ1) is 11.7. The highest BCUT2D eigenvalue weighted by Crippen LogP contribution is 2.60. The van der Waals surface area contributed by atoms with Crippen LogP contribution >= 0.6 is 0 Å². The number of fused-ring (bicyclic) bond motifs is 1. The summed E-state index contributed by atoms with van der Waals surface area (Å²) in [7, 11) is 0. The summed E-state index contributed by atoms with van der Waals surface area (Å²) < 4.78 is 2.13. The lowest BCUT2D eigenvalue weighted by Crippen LogP contribution is -2.53. The fraction of sp³-hybridized carbons (Fsp3) is 0.800. The van der Waals surface area contributed by atoms with Gasteiger partial charge in [0.2, 0.25) is 5.91 Å². The van der Waals surface area contributed by atoms with Crippen molar-refractivity contribution in [1.82, 2.24) is 15.1 Å². The first kappa shape index (κ1) is 15.0. The molecule has 0 atom stereocenters. The third-order valence-corrected chi connectivity index (χ3v) is 7.27. The maximum absolute atomic E-state index is 13.0. The number of carbonyl (C=O) groups is 1. The molecule has 1 aromatic rings. The number of carbonyl (C=O) groups excluding carboxylic acids is 1. The van der Waals surface area contributed by atoms with E-state index in [1.165, 1.54) is 49.8 Å². The predicted molar refractivity (Wildman–Crippen MR) is 92.5 cm³/mol. The zero-order chi connectivity index (χ0) is 16.1. The van der Waals surface area contributed by atoms with Crippen molar-refractivity contribution >= 4 is 5.91 Å². The molecule has 1 N–H and O–H groups in total. The molecule has 0 radical (unpaired) electrons. The molecule has 1 aromatic heterocycles. The Balaban J connectivity index is 1.21. The third kappa shape index (κ3) is 2.41. The van der Waals surface area contributed by atoms with E-state index in [1.54, 1.807) is 0 Å². The molecule has 0 unspecified atom stereocenters. The Hall–Kier alpha value is -1.32. The predicted octanol–water partition coefficient (Wildman–Crippen LogP) is 3.09. The van der Waals surface area contributed by atoms with Crippen molar-refractivity contribution in [1.29, 1.82) is 0 Å². The van der Waals surface area contributed by atoms with Crippen LogP contribution in [-0.4, -0.2) is 22.2 Å². The van der Waals surface area contributed by atoms with E-state index < -0.39 is 0 Å². The second-order valence-corrected chi connectivity index (χ2v) is 9.00. The average molecular weight is 327 g/mol. The van der Waals surface area contributed by atoms with Crippen molar-refractivity contribution in [2.45, 2.75) is 70.8 Å². The number of aryl methyl sites for hydroxylation is 1. The van der Waals surface area contributed by atoms with E-state index in [0.717, 1.165) is 56.5 Å². The minimum Gasteiger partial charge on any atom is -0.354 e. The lowest BCUT2D eigenvalue weighted by molar-refractivity contribution is -0.146. The van der Waals surface area contributed by atoms with Crippen LogP contribution in [0.3, 0.4) is 0 Å². The maximum atomic E-state index is 13.0. The molecule has 0 aromatic carbocycles. The molecule has 5 aliphatic carbocycles. The van der Waals surface area contributed by atoms with Gasteiger partial charge in [0.15, 0.2) is 0 Å². The highest BCUT2D eigenvalue weighted by atomic mass is 16.2. The minimum atomic E-state index is -0.0156. The van der Waals surface area contributed by atoms with Crippen molar-refractivity contribution < 1.29 is 4.79 Å². The normalized spacial score (nSPS) is 36.6. The van der Waals surface area contributed by atoms with E-state index in [2.05, 4.69) is 15.1 Å². The minimum absolute atomic E-state index is 0.0156. The smallest absolute Gasteiger partial charge is 0.226 e. The van der Waals surface area contributed by atoms with Crippen LogP contribution < -0.4 is 5.32 Å². The molecule has 130 valence electrons. The van der Waals surface area contributed by atoms with Crippen LogP contribution in [0.15, 0.2) is 6.20 Å². The second kappa shape index (κ2) is 5.60. The summed E-state index contributed by atoms with van der Waals surface area (Å²) in [4.78, 5) is 13.0. The zero-order valence-corrected chi connectivity index (χ0v) is 14.6. The second-order valence-electron chi connectivity index (χ2n) is 9.00. The maximum Gasteiger partial charge on any atom is 0.226 e. The van der Waals surface area contributed by atoms with Crippen LogP contribution in [0, 0.1) is 23.2 Å². The number of nitrogens with one attached hydrogen (secondary N) is 1. The van der Waals surface area contributed by atoms with Gasteiger partial charge in [-0.15, -0.1) is 0 Å². The molecule has 4 fully saturated rings. The molecule has 24 heavy (non-hydrogen) atoms. The SMILES string of the molecule is O=C(NCCn1ncc2c1CCCC2)C12CC3CC(CC(C3)C1)C2. The van der Waals surface area contributed by atoms with E-state index in [4.69, 9.17) is 0 Å². The molecule has 1 heterocycles. The van der Waals surface area contributed by atoms with Crippen LogP contribution in [0.5, 0.6) is 0 Å². The Kier molecular flexibility index (Phi) is 3.50. The van der Waals surface area contributed by atoms with E-state index in [-0.39, 0.29) is 5.41 Å². The standard InChI is InChI=1S/C20H29N3O/c24-19(20-10-14-7-15(11-20)9-16(8-14)12-20)21-5-6-23-18-4-2-1-3-17(18)13-22-23/h13-16H,1-12H2,(H,21,24). The van der Waals surface area contributed by atoms with Gasteiger partial charge in [0.25, 0.3) is 0 Å². The van der Waals surface area contributed by atoms with E-state index >= 15 is 0 Å². The first-order valence-corrected chi connectivity index (χ1v) is 10.0. The molecule has 4 bridgehead atoms. The Morgan fingerprint density at radius 1 is 1.12 bits per heavy atom. The van der Waals surface area contributed by atoms with E-state index in [0.29, 0.717) is 5.91 Å². The number of aromatic nitrogens is 2. The molecule has 4 saturated carbocycles. The number of rotatable bonds is 4. The lowest BCUT2D eigenvalue weighted by Gasteiger charge is -2.55. The van der Waals surface area contributed by atoms with Crippen LogP contribution in [0.1, 0.15) is 62.6 Å². The molecule has 0 saturated heterocycles. The van der Waals surface area contributed by atoms with Gasteiger partial charge in [-0.05, 0) is 87.5 Å². The van der Waals surface area contributed by atoms with Crippen LogP contribution in [0.4, 0.5) is 0 Å². The van der Waals surface area contributed by atoms with Crippen molar-refractivity contribution in [3.63, 3.8) is 0 Å². The molecule has 1 amide bonds. The van der Waals surface area contributed by atoms with Gasteiger partial charge in [0.05, 0.1) is 12.7 Å². The third-order valence-electron chi connectivity index (χ3n) is 7.27. The Morgan fingerprint density at radius 3 is 2.50 bits per heavy atom. The quantitative estimate of drug-likeness (QED) is 0.924. The van der Waals surface area contributed by atoms with Crippen LogP contribution in [0.2, 0.25) is 0 Å². The van der Waals surface area contributed by atoms with Gasteiger partial charge in [0.1, 0.15) is 0 Å². The molecule has 4 heteroatoms.